The number of benzene rings is 3. The Labute approximate surface area is 162 Å². The van der Waals surface area contributed by atoms with Gasteiger partial charge in [0.15, 0.2) is 19.0 Å². The maximum Gasteiger partial charge on any atom is 0.345 e. The van der Waals surface area contributed by atoms with Crippen LogP contribution in [0.5, 0.6) is 5.75 Å². The Hall–Kier alpha value is -3.73. The monoisotopic (exact) mass is 374 g/mol. The van der Waals surface area contributed by atoms with Crippen molar-refractivity contribution in [1.29, 1.82) is 0 Å². The zero-order valence-electron chi connectivity index (χ0n) is 15.0. The number of esters is 1. The molecular formula is C23H18O5. The first-order valence-corrected chi connectivity index (χ1v) is 8.69. The minimum Gasteiger partial charge on any atom is -0.481 e. The number of hydrogen-bond donors (Lipinski definition) is 0. The van der Waals surface area contributed by atoms with E-state index in [1.807, 2.05) is 6.07 Å². The minimum atomic E-state index is -1.08. The van der Waals surface area contributed by atoms with Crippen molar-refractivity contribution in [2.45, 2.75) is 6.10 Å². The highest BCUT2D eigenvalue weighted by Crippen LogP contribution is 2.23. The van der Waals surface area contributed by atoms with E-state index in [1.165, 1.54) is 0 Å². The Bertz CT molecular complexity index is 951. The number of Topliss-reactive ketones (excluding diaryl/α,β-unsaturated/α-hetero) is 1. The van der Waals surface area contributed by atoms with Crippen molar-refractivity contribution < 1.29 is 23.9 Å². The van der Waals surface area contributed by atoms with Gasteiger partial charge in [-0.1, -0.05) is 72.8 Å². The topological polar surface area (TPSA) is 69.7 Å². The summed E-state index contributed by atoms with van der Waals surface area (Å²) in [7, 11) is 0. The summed E-state index contributed by atoms with van der Waals surface area (Å²) >= 11 is 0. The smallest absolute Gasteiger partial charge is 0.345 e. The Kier molecular flexibility index (Phi) is 6.31. The van der Waals surface area contributed by atoms with E-state index in [4.69, 9.17) is 9.47 Å². The highest BCUT2D eigenvalue weighted by atomic mass is 16.6. The molecule has 0 amide bonds. The van der Waals surface area contributed by atoms with Gasteiger partial charge in [0, 0.05) is 11.1 Å². The highest BCUT2D eigenvalue weighted by Gasteiger charge is 2.26. The molecule has 1 atom stereocenters. The van der Waals surface area contributed by atoms with Crippen LogP contribution in [-0.2, 0) is 9.53 Å². The lowest BCUT2D eigenvalue weighted by Gasteiger charge is -2.18. The standard InChI is InChI=1S/C23H18O5/c24-15-19-13-7-8-14-20(19)27-16-21(25)28-23(18-11-5-2-6-12-18)22(26)17-9-3-1-4-10-17/h1-15,23H,16H2. The minimum absolute atomic E-state index is 0.278. The van der Waals surface area contributed by atoms with Gasteiger partial charge in [-0.15, -0.1) is 0 Å². The van der Waals surface area contributed by atoms with Crippen molar-refractivity contribution >= 4 is 18.0 Å². The van der Waals surface area contributed by atoms with Crippen molar-refractivity contribution in [2.24, 2.45) is 0 Å². The number of ether oxygens (including phenoxy) is 2. The van der Waals surface area contributed by atoms with Crippen LogP contribution < -0.4 is 4.74 Å². The zero-order valence-corrected chi connectivity index (χ0v) is 15.0. The number of aldehydes is 1. The van der Waals surface area contributed by atoms with E-state index in [0.717, 1.165) is 0 Å². The molecule has 0 aliphatic rings. The van der Waals surface area contributed by atoms with Gasteiger partial charge < -0.3 is 9.47 Å². The number of carbonyl (C=O) groups excluding carboxylic acids is 3. The average molecular weight is 374 g/mol. The van der Waals surface area contributed by atoms with Crippen LogP contribution in [0, 0.1) is 0 Å². The number of carbonyl (C=O) groups is 3. The second-order valence-corrected chi connectivity index (χ2v) is 5.96. The molecule has 1 unspecified atom stereocenters. The van der Waals surface area contributed by atoms with Gasteiger partial charge in [0.05, 0.1) is 5.56 Å². The molecule has 0 N–H and O–H groups in total. The maximum atomic E-state index is 12.9. The first-order valence-electron chi connectivity index (χ1n) is 8.69. The quantitative estimate of drug-likeness (QED) is 0.338. The number of ketones is 1. The van der Waals surface area contributed by atoms with Crippen LogP contribution >= 0.6 is 0 Å². The molecule has 0 bridgehead atoms. The fourth-order valence-corrected chi connectivity index (χ4v) is 2.67. The first-order chi connectivity index (χ1) is 13.7. The van der Waals surface area contributed by atoms with Crippen molar-refractivity contribution in [3.63, 3.8) is 0 Å². The summed E-state index contributed by atoms with van der Waals surface area (Å²) in [5, 5.41) is 0. The Balaban J connectivity index is 1.75. The summed E-state index contributed by atoms with van der Waals surface area (Å²) in [6, 6.07) is 24.0. The molecule has 3 rings (SSSR count). The van der Waals surface area contributed by atoms with E-state index in [0.29, 0.717) is 23.0 Å². The summed E-state index contributed by atoms with van der Waals surface area (Å²) in [5.74, 6) is -0.757. The van der Waals surface area contributed by atoms with E-state index >= 15 is 0 Å². The van der Waals surface area contributed by atoms with Crippen molar-refractivity contribution in [2.75, 3.05) is 6.61 Å². The summed E-state index contributed by atoms with van der Waals surface area (Å²) in [6.07, 6.45) is -0.437. The van der Waals surface area contributed by atoms with Gasteiger partial charge in [0.1, 0.15) is 5.75 Å². The van der Waals surface area contributed by atoms with Gasteiger partial charge in [-0.3, -0.25) is 9.59 Å². The SMILES string of the molecule is O=Cc1ccccc1OCC(=O)OC(C(=O)c1ccccc1)c1ccccc1. The average Bonchev–Trinajstić information content (AvgIpc) is 2.77. The van der Waals surface area contributed by atoms with E-state index in [9.17, 15) is 14.4 Å². The molecule has 140 valence electrons. The normalized spacial score (nSPS) is 11.3. The largest absolute Gasteiger partial charge is 0.481 e. The van der Waals surface area contributed by atoms with Crippen LogP contribution in [0.15, 0.2) is 84.9 Å². The summed E-state index contributed by atoms with van der Waals surface area (Å²) in [6.45, 7) is -0.420. The Morgan fingerprint density at radius 1 is 0.821 bits per heavy atom. The molecule has 5 heteroatoms. The fraction of sp³-hybridized carbons (Fsp3) is 0.0870. The molecule has 3 aromatic carbocycles. The predicted octanol–water partition coefficient (Wildman–Crippen LogP) is 4.05. The van der Waals surface area contributed by atoms with Crippen LogP contribution in [-0.4, -0.2) is 24.6 Å². The van der Waals surface area contributed by atoms with Crippen LogP contribution in [0.3, 0.4) is 0 Å². The lowest BCUT2D eigenvalue weighted by molar-refractivity contribution is -0.149. The van der Waals surface area contributed by atoms with Crippen molar-refractivity contribution in [3.8, 4) is 5.75 Å². The van der Waals surface area contributed by atoms with Crippen LogP contribution in [0.4, 0.5) is 0 Å². The lowest BCUT2D eigenvalue weighted by Crippen LogP contribution is -2.24. The van der Waals surface area contributed by atoms with Gasteiger partial charge in [0.2, 0.25) is 5.78 Å². The van der Waals surface area contributed by atoms with E-state index < -0.39 is 18.7 Å². The molecule has 0 aromatic heterocycles. The molecule has 0 heterocycles. The third-order valence-electron chi connectivity index (χ3n) is 4.04. The van der Waals surface area contributed by atoms with Gasteiger partial charge >= 0.3 is 5.97 Å². The molecule has 0 saturated carbocycles. The Morgan fingerprint density at radius 2 is 1.43 bits per heavy atom. The zero-order chi connectivity index (χ0) is 19.8. The van der Waals surface area contributed by atoms with Gasteiger partial charge in [-0.05, 0) is 12.1 Å². The number of rotatable bonds is 8. The Morgan fingerprint density at radius 3 is 2.11 bits per heavy atom. The van der Waals surface area contributed by atoms with E-state index in [1.54, 1.807) is 78.9 Å². The molecule has 5 nitrogen and oxygen atoms in total. The third-order valence-corrected chi connectivity index (χ3v) is 4.04. The summed E-state index contributed by atoms with van der Waals surface area (Å²) < 4.78 is 10.8. The van der Waals surface area contributed by atoms with Crippen LogP contribution in [0.25, 0.3) is 0 Å². The molecule has 0 saturated heterocycles. The highest BCUT2D eigenvalue weighted by molar-refractivity contribution is 6.01. The second kappa shape index (κ2) is 9.28. The van der Waals surface area contributed by atoms with Gasteiger partial charge in [-0.2, -0.15) is 0 Å². The molecule has 0 aliphatic heterocycles. The summed E-state index contributed by atoms with van der Waals surface area (Å²) in [4.78, 5) is 36.3. The van der Waals surface area contributed by atoms with Crippen LogP contribution in [0.1, 0.15) is 32.4 Å². The third kappa shape index (κ3) is 4.71. The van der Waals surface area contributed by atoms with Crippen LogP contribution in [0.2, 0.25) is 0 Å². The van der Waals surface area contributed by atoms with Crippen molar-refractivity contribution in [3.05, 3.63) is 102 Å². The van der Waals surface area contributed by atoms with Gasteiger partial charge in [0.25, 0.3) is 0 Å². The molecular weight excluding hydrogens is 356 g/mol. The van der Waals surface area contributed by atoms with Crippen molar-refractivity contribution in [1.82, 2.24) is 0 Å². The molecule has 28 heavy (non-hydrogen) atoms. The fourth-order valence-electron chi connectivity index (χ4n) is 2.67. The maximum absolute atomic E-state index is 12.9. The molecule has 3 aromatic rings. The predicted molar refractivity (Wildman–Crippen MR) is 103 cm³/mol. The van der Waals surface area contributed by atoms with E-state index in [-0.39, 0.29) is 11.5 Å². The molecule has 0 spiro atoms. The number of para-hydroxylation sites is 1. The van der Waals surface area contributed by atoms with E-state index in [2.05, 4.69) is 0 Å². The van der Waals surface area contributed by atoms with Gasteiger partial charge in [-0.25, -0.2) is 4.79 Å². The lowest BCUT2D eigenvalue weighted by atomic mass is 10.00. The first kappa shape index (κ1) is 19.0. The second-order valence-electron chi connectivity index (χ2n) is 5.96. The molecule has 0 fully saturated rings. The molecule has 0 radical (unpaired) electrons. The number of hydrogen-bond acceptors (Lipinski definition) is 5. The molecule has 0 aliphatic carbocycles. The summed E-state index contributed by atoms with van der Waals surface area (Å²) in [5.41, 5.74) is 1.34.